The van der Waals surface area contributed by atoms with Crippen LogP contribution in [0.15, 0.2) is 21.3 Å². The fourth-order valence-electron chi connectivity index (χ4n) is 1.62. The summed E-state index contributed by atoms with van der Waals surface area (Å²) < 4.78 is 19.9. The highest BCUT2D eigenvalue weighted by atomic mass is 19.1. The number of rotatable bonds is 0. The van der Waals surface area contributed by atoms with Crippen LogP contribution in [0, 0.1) is 5.82 Å². The monoisotopic (exact) mass is 223 g/mol. The van der Waals surface area contributed by atoms with E-state index in [2.05, 4.69) is 0 Å². The fraction of sp³-hybridized carbons (Fsp3) is 0.417. The predicted octanol–water partition coefficient (Wildman–Crippen LogP) is 2.57. The van der Waals surface area contributed by atoms with E-state index in [0.29, 0.717) is 5.52 Å². The Labute approximate surface area is 92.5 Å². The second-order valence-corrected chi connectivity index (χ2v) is 4.98. The molecule has 1 heterocycles. The maximum absolute atomic E-state index is 13.7. The van der Waals surface area contributed by atoms with Crippen molar-refractivity contribution in [3.05, 3.63) is 34.1 Å². The van der Waals surface area contributed by atoms with Crippen LogP contribution in [-0.2, 0) is 12.5 Å². The maximum atomic E-state index is 13.7. The first kappa shape index (κ1) is 10.9. The van der Waals surface area contributed by atoms with E-state index in [0.717, 1.165) is 5.56 Å². The Kier molecular flexibility index (Phi) is 2.19. The van der Waals surface area contributed by atoms with Crippen LogP contribution in [0.2, 0.25) is 0 Å². The number of hydrogen-bond donors (Lipinski definition) is 0. The van der Waals surface area contributed by atoms with Crippen LogP contribution in [0.4, 0.5) is 4.39 Å². The number of fused-ring (bicyclic) bond motifs is 1. The molecular formula is C12H14FNO2. The van der Waals surface area contributed by atoms with Gasteiger partial charge in [0.2, 0.25) is 0 Å². The highest BCUT2D eigenvalue weighted by Gasteiger charge is 2.19. The van der Waals surface area contributed by atoms with Crippen molar-refractivity contribution in [3.8, 4) is 0 Å². The predicted molar refractivity (Wildman–Crippen MR) is 60.1 cm³/mol. The molecule has 0 fully saturated rings. The van der Waals surface area contributed by atoms with E-state index >= 15 is 0 Å². The summed E-state index contributed by atoms with van der Waals surface area (Å²) in [6, 6.07) is 3.22. The third-order valence-electron chi connectivity index (χ3n) is 2.71. The first-order valence-corrected chi connectivity index (χ1v) is 5.10. The zero-order valence-electron chi connectivity index (χ0n) is 9.80. The summed E-state index contributed by atoms with van der Waals surface area (Å²) in [5.74, 6) is -1.03. The van der Waals surface area contributed by atoms with Crippen molar-refractivity contribution >= 4 is 11.1 Å². The van der Waals surface area contributed by atoms with Crippen LogP contribution < -0.4 is 5.76 Å². The van der Waals surface area contributed by atoms with Crippen LogP contribution in [0.25, 0.3) is 11.1 Å². The molecule has 1 aromatic heterocycles. The molecule has 0 radical (unpaired) electrons. The summed E-state index contributed by atoms with van der Waals surface area (Å²) in [5, 5.41) is 0. The van der Waals surface area contributed by atoms with Crippen molar-refractivity contribution in [2.24, 2.45) is 7.05 Å². The molecular weight excluding hydrogens is 209 g/mol. The van der Waals surface area contributed by atoms with E-state index in [1.54, 1.807) is 13.1 Å². The molecule has 1 aromatic carbocycles. The Morgan fingerprint density at radius 2 is 1.94 bits per heavy atom. The highest BCUT2D eigenvalue weighted by molar-refractivity contribution is 5.74. The van der Waals surface area contributed by atoms with Gasteiger partial charge in [0.25, 0.3) is 0 Å². The minimum Gasteiger partial charge on any atom is -0.405 e. The van der Waals surface area contributed by atoms with Crippen molar-refractivity contribution in [2.45, 2.75) is 26.2 Å². The zero-order valence-corrected chi connectivity index (χ0v) is 9.80. The lowest BCUT2D eigenvalue weighted by Crippen LogP contribution is -2.12. The Balaban J connectivity index is 2.85. The van der Waals surface area contributed by atoms with E-state index in [4.69, 9.17) is 4.42 Å². The van der Waals surface area contributed by atoms with Gasteiger partial charge in [0.1, 0.15) is 0 Å². The zero-order chi connectivity index (χ0) is 12.1. The molecule has 3 nitrogen and oxygen atoms in total. The number of aryl methyl sites for hydroxylation is 1. The van der Waals surface area contributed by atoms with Crippen molar-refractivity contribution in [2.75, 3.05) is 0 Å². The molecule has 16 heavy (non-hydrogen) atoms. The maximum Gasteiger partial charge on any atom is 0.419 e. The molecule has 0 aliphatic rings. The molecule has 86 valence electrons. The van der Waals surface area contributed by atoms with Crippen molar-refractivity contribution in [1.29, 1.82) is 0 Å². The van der Waals surface area contributed by atoms with Crippen LogP contribution >= 0.6 is 0 Å². The van der Waals surface area contributed by atoms with Gasteiger partial charge in [-0.2, -0.15) is 0 Å². The largest absolute Gasteiger partial charge is 0.419 e. The molecule has 0 aliphatic carbocycles. The highest BCUT2D eigenvalue weighted by Crippen LogP contribution is 2.27. The van der Waals surface area contributed by atoms with Crippen molar-refractivity contribution in [1.82, 2.24) is 4.57 Å². The van der Waals surface area contributed by atoms with Gasteiger partial charge in [0.05, 0.1) is 5.52 Å². The Morgan fingerprint density at radius 1 is 1.31 bits per heavy atom. The number of nitrogens with zero attached hydrogens (tertiary/aromatic N) is 1. The lowest BCUT2D eigenvalue weighted by molar-refractivity contribution is 0.503. The molecule has 0 unspecified atom stereocenters. The average Bonchev–Trinajstić information content (AvgIpc) is 2.44. The van der Waals surface area contributed by atoms with Gasteiger partial charge in [-0.25, -0.2) is 9.18 Å². The first-order chi connectivity index (χ1) is 7.30. The summed E-state index contributed by atoms with van der Waals surface area (Å²) in [5.41, 5.74) is 1.20. The fourth-order valence-corrected chi connectivity index (χ4v) is 1.62. The molecule has 4 heteroatoms. The van der Waals surface area contributed by atoms with Gasteiger partial charge in [-0.05, 0) is 23.1 Å². The summed E-state index contributed by atoms with van der Waals surface area (Å²) in [6.07, 6.45) is 0. The molecule has 2 aromatic rings. The van der Waals surface area contributed by atoms with Gasteiger partial charge in [0, 0.05) is 7.05 Å². The van der Waals surface area contributed by atoms with Crippen LogP contribution in [0.5, 0.6) is 0 Å². The minimum atomic E-state index is -0.542. The van der Waals surface area contributed by atoms with Gasteiger partial charge in [-0.15, -0.1) is 0 Å². The van der Waals surface area contributed by atoms with Crippen molar-refractivity contribution in [3.63, 3.8) is 0 Å². The van der Waals surface area contributed by atoms with Gasteiger partial charge < -0.3 is 4.42 Å². The molecule has 0 saturated heterocycles. The molecule has 0 atom stereocenters. The molecule has 0 amide bonds. The quantitative estimate of drug-likeness (QED) is 0.688. The Bertz CT molecular complexity index is 602. The van der Waals surface area contributed by atoms with Crippen LogP contribution in [0.1, 0.15) is 26.3 Å². The van der Waals surface area contributed by atoms with Gasteiger partial charge in [-0.3, -0.25) is 4.57 Å². The molecule has 0 spiro atoms. The van der Waals surface area contributed by atoms with E-state index in [1.165, 1.54) is 10.6 Å². The van der Waals surface area contributed by atoms with E-state index in [1.807, 2.05) is 20.8 Å². The first-order valence-electron chi connectivity index (χ1n) is 5.10. The minimum absolute atomic E-state index is 0.0282. The second-order valence-electron chi connectivity index (χ2n) is 4.98. The van der Waals surface area contributed by atoms with Gasteiger partial charge in [-0.1, -0.05) is 20.8 Å². The molecule has 0 bridgehead atoms. The van der Waals surface area contributed by atoms with E-state index in [-0.39, 0.29) is 11.0 Å². The summed E-state index contributed by atoms with van der Waals surface area (Å²) >= 11 is 0. The summed E-state index contributed by atoms with van der Waals surface area (Å²) in [6.45, 7) is 5.98. The average molecular weight is 223 g/mol. The third-order valence-corrected chi connectivity index (χ3v) is 2.71. The molecule has 0 N–H and O–H groups in total. The smallest absolute Gasteiger partial charge is 0.405 e. The number of aromatic nitrogens is 1. The van der Waals surface area contributed by atoms with E-state index in [9.17, 15) is 9.18 Å². The van der Waals surface area contributed by atoms with Gasteiger partial charge in [0.15, 0.2) is 11.4 Å². The lowest BCUT2D eigenvalue weighted by atomic mass is 9.87. The SMILES string of the molecule is Cn1c(=O)oc2c(F)cc(C(C)(C)C)cc21. The standard InChI is InChI=1S/C12H14FNO2/c1-12(2,3)7-5-8(13)10-9(6-7)14(4)11(15)16-10/h5-6H,1-4H3. The number of halogens is 1. The summed E-state index contributed by atoms with van der Waals surface area (Å²) in [4.78, 5) is 11.3. The summed E-state index contributed by atoms with van der Waals surface area (Å²) in [7, 11) is 1.57. The topological polar surface area (TPSA) is 35.1 Å². The number of hydrogen-bond acceptors (Lipinski definition) is 2. The van der Waals surface area contributed by atoms with Crippen LogP contribution in [-0.4, -0.2) is 4.57 Å². The Hall–Kier alpha value is -1.58. The number of benzene rings is 1. The van der Waals surface area contributed by atoms with Crippen molar-refractivity contribution < 1.29 is 8.81 Å². The molecule has 2 rings (SSSR count). The normalized spacial score (nSPS) is 12.3. The third kappa shape index (κ3) is 1.54. The Morgan fingerprint density at radius 3 is 2.50 bits per heavy atom. The molecule has 0 aliphatic heterocycles. The molecule has 0 saturated carbocycles. The van der Waals surface area contributed by atoms with Crippen LogP contribution in [0.3, 0.4) is 0 Å². The lowest BCUT2D eigenvalue weighted by Gasteiger charge is -2.18. The number of oxazole rings is 1. The second kappa shape index (κ2) is 3.20. The van der Waals surface area contributed by atoms with Gasteiger partial charge >= 0.3 is 5.76 Å². The van der Waals surface area contributed by atoms with E-state index < -0.39 is 11.6 Å².